The normalized spacial score (nSPS) is 16.2. The van der Waals surface area contributed by atoms with Crippen LogP contribution >= 0.6 is 0 Å². The molecule has 0 spiro atoms. The van der Waals surface area contributed by atoms with Gasteiger partial charge in [0.1, 0.15) is 6.33 Å². The number of likely N-dealkylation sites (tertiary alicyclic amines) is 1. The van der Waals surface area contributed by atoms with Gasteiger partial charge in [-0.1, -0.05) is 0 Å². The molecule has 24 heavy (non-hydrogen) atoms. The van der Waals surface area contributed by atoms with Gasteiger partial charge in [-0.05, 0) is 25.0 Å². The van der Waals surface area contributed by atoms with E-state index in [1.54, 1.807) is 48.1 Å². The minimum atomic E-state index is -0.0894. The molecule has 0 saturated carbocycles. The predicted molar refractivity (Wildman–Crippen MR) is 88.6 cm³/mol. The number of rotatable bonds is 4. The van der Waals surface area contributed by atoms with Gasteiger partial charge in [0.2, 0.25) is 5.91 Å². The van der Waals surface area contributed by atoms with Gasteiger partial charge in [0.25, 0.3) is 5.91 Å². The lowest BCUT2D eigenvalue weighted by Crippen LogP contribution is -2.47. The number of piperidine rings is 1. The number of pyridine rings is 1. The third kappa shape index (κ3) is 3.70. The Morgan fingerprint density at radius 1 is 1.29 bits per heavy atom. The van der Waals surface area contributed by atoms with Gasteiger partial charge >= 0.3 is 0 Å². The number of fused-ring (bicyclic) bond motifs is 1. The molecular formula is C16H22N6O2. The third-order valence-electron chi connectivity index (χ3n) is 4.33. The number of likely N-dealkylation sites (N-methyl/N-ethyl adjacent to an activating group) is 1. The molecule has 1 aliphatic heterocycles. The molecule has 2 aromatic heterocycles. The lowest BCUT2D eigenvalue weighted by molar-refractivity contribution is -0.130. The third-order valence-corrected chi connectivity index (χ3v) is 4.33. The van der Waals surface area contributed by atoms with E-state index in [2.05, 4.69) is 20.4 Å². The summed E-state index contributed by atoms with van der Waals surface area (Å²) in [7, 11) is 3.53. The summed E-state index contributed by atoms with van der Waals surface area (Å²) in [5, 5.41) is 10.8. The number of nitrogens with one attached hydrogen (secondary N) is 1. The van der Waals surface area contributed by atoms with Crippen molar-refractivity contribution in [2.45, 2.75) is 18.9 Å². The molecule has 8 heteroatoms. The second-order valence-corrected chi connectivity index (χ2v) is 6.33. The van der Waals surface area contributed by atoms with E-state index in [4.69, 9.17) is 0 Å². The van der Waals surface area contributed by atoms with Crippen molar-refractivity contribution in [1.29, 1.82) is 0 Å². The molecular weight excluding hydrogens is 308 g/mol. The van der Waals surface area contributed by atoms with E-state index in [-0.39, 0.29) is 17.9 Å². The smallest absolute Gasteiger partial charge is 0.252 e. The highest BCUT2D eigenvalue weighted by atomic mass is 16.2. The minimum absolute atomic E-state index is 0.0894. The van der Waals surface area contributed by atoms with Gasteiger partial charge in [-0.15, -0.1) is 10.2 Å². The average Bonchev–Trinajstić information content (AvgIpc) is 3.04. The number of carbonyl (C=O) groups excluding carboxylic acids is 2. The molecule has 2 amide bonds. The first-order chi connectivity index (χ1) is 11.5. The molecule has 3 heterocycles. The van der Waals surface area contributed by atoms with Gasteiger partial charge in [0.05, 0.1) is 12.1 Å². The topological polar surface area (TPSA) is 82.8 Å². The zero-order chi connectivity index (χ0) is 17.1. The quantitative estimate of drug-likeness (QED) is 0.854. The minimum Gasteiger partial charge on any atom is -0.349 e. The zero-order valence-corrected chi connectivity index (χ0v) is 14.0. The first-order valence-corrected chi connectivity index (χ1v) is 8.05. The summed E-state index contributed by atoms with van der Waals surface area (Å²) in [5.41, 5.74) is 1.30. The Labute approximate surface area is 140 Å². The van der Waals surface area contributed by atoms with E-state index in [1.165, 1.54) is 0 Å². The summed E-state index contributed by atoms with van der Waals surface area (Å²) in [6, 6.07) is 3.67. The largest absolute Gasteiger partial charge is 0.349 e. The second kappa shape index (κ2) is 6.96. The number of carbonyl (C=O) groups is 2. The maximum atomic E-state index is 12.4. The molecule has 128 valence electrons. The molecule has 0 bridgehead atoms. The van der Waals surface area contributed by atoms with Crippen molar-refractivity contribution in [3.8, 4) is 0 Å². The molecule has 1 fully saturated rings. The van der Waals surface area contributed by atoms with Crippen LogP contribution in [-0.2, 0) is 4.79 Å². The fourth-order valence-corrected chi connectivity index (χ4v) is 2.80. The van der Waals surface area contributed by atoms with Gasteiger partial charge in [0, 0.05) is 39.4 Å². The van der Waals surface area contributed by atoms with Crippen LogP contribution in [0.2, 0.25) is 0 Å². The predicted octanol–water partition coefficient (Wildman–Crippen LogP) is 0.0117. The number of hydrogen-bond donors (Lipinski definition) is 1. The van der Waals surface area contributed by atoms with Crippen LogP contribution in [0.15, 0.2) is 24.7 Å². The lowest BCUT2D eigenvalue weighted by atomic mass is 10.0. The van der Waals surface area contributed by atoms with Crippen LogP contribution in [0.3, 0.4) is 0 Å². The number of nitrogens with zero attached hydrogens (tertiary/aromatic N) is 5. The Balaban J connectivity index is 1.52. The van der Waals surface area contributed by atoms with Crippen LogP contribution in [0.5, 0.6) is 0 Å². The summed E-state index contributed by atoms with van der Waals surface area (Å²) in [4.78, 5) is 27.9. The highest BCUT2D eigenvalue weighted by Crippen LogP contribution is 2.12. The summed E-state index contributed by atoms with van der Waals surface area (Å²) in [5.74, 6) is 0.0214. The van der Waals surface area contributed by atoms with Crippen LogP contribution in [0.25, 0.3) is 5.65 Å². The van der Waals surface area contributed by atoms with Gasteiger partial charge in [-0.2, -0.15) is 0 Å². The van der Waals surface area contributed by atoms with Gasteiger partial charge in [-0.3, -0.25) is 18.9 Å². The molecule has 0 aliphatic carbocycles. The Morgan fingerprint density at radius 2 is 2.04 bits per heavy atom. The highest BCUT2D eigenvalue weighted by Gasteiger charge is 2.23. The first-order valence-electron chi connectivity index (χ1n) is 8.05. The molecule has 0 radical (unpaired) electrons. The van der Waals surface area contributed by atoms with Crippen LogP contribution < -0.4 is 5.32 Å². The van der Waals surface area contributed by atoms with E-state index in [1.807, 2.05) is 0 Å². The van der Waals surface area contributed by atoms with E-state index in [0.29, 0.717) is 17.8 Å². The van der Waals surface area contributed by atoms with Crippen molar-refractivity contribution < 1.29 is 9.59 Å². The van der Waals surface area contributed by atoms with Crippen LogP contribution in [0.1, 0.15) is 23.2 Å². The van der Waals surface area contributed by atoms with E-state index in [0.717, 1.165) is 25.9 Å². The van der Waals surface area contributed by atoms with E-state index in [9.17, 15) is 9.59 Å². The monoisotopic (exact) mass is 330 g/mol. The molecule has 0 aromatic carbocycles. The second-order valence-electron chi connectivity index (χ2n) is 6.33. The summed E-state index contributed by atoms with van der Waals surface area (Å²) >= 11 is 0. The summed E-state index contributed by atoms with van der Waals surface area (Å²) in [6.07, 6.45) is 5.00. The molecule has 1 saturated heterocycles. The Morgan fingerprint density at radius 3 is 2.75 bits per heavy atom. The maximum absolute atomic E-state index is 12.4. The molecule has 2 aromatic rings. The van der Waals surface area contributed by atoms with Gasteiger partial charge in [-0.25, -0.2) is 0 Å². The summed E-state index contributed by atoms with van der Waals surface area (Å²) < 4.78 is 1.73. The SMILES string of the molecule is CN(C)C(=O)CN1CCC(NC(=O)c2ccc3nncn3c2)CC1. The van der Waals surface area contributed by atoms with E-state index < -0.39 is 0 Å². The Kier molecular flexibility index (Phi) is 4.75. The van der Waals surface area contributed by atoms with Crippen molar-refractivity contribution in [1.82, 2.24) is 29.7 Å². The number of hydrogen-bond acceptors (Lipinski definition) is 5. The molecule has 1 aliphatic rings. The van der Waals surface area contributed by atoms with Crippen molar-refractivity contribution >= 4 is 17.5 Å². The molecule has 0 unspecified atom stereocenters. The average molecular weight is 330 g/mol. The standard InChI is InChI=1S/C16H22N6O2/c1-20(2)15(23)10-21-7-5-13(6-8-21)18-16(24)12-3-4-14-19-17-11-22(14)9-12/h3-4,9,11,13H,5-8,10H2,1-2H3,(H,18,24). The summed E-state index contributed by atoms with van der Waals surface area (Å²) in [6.45, 7) is 2.07. The zero-order valence-electron chi connectivity index (χ0n) is 14.0. The fourth-order valence-electron chi connectivity index (χ4n) is 2.80. The van der Waals surface area contributed by atoms with Crippen molar-refractivity contribution in [3.05, 3.63) is 30.2 Å². The van der Waals surface area contributed by atoms with Crippen molar-refractivity contribution in [2.24, 2.45) is 0 Å². The van der Waals surface area contributed by atoms with Crippen molar-refractivity contribution in [2.75, 3.05) is 33.7 Å². The van der Waals surface area contributed by atoms with Gasteiger partial charge in [0.15, 0.2) is 5.65 Å². The van der Waals surface area contributed by atoms with Crippen LogP contribution in [-0.4, -0.2) is 76.0 Å². The fraction of sp³-hybridized carbons (Fsp3) is 0.500. The van der Waals surface area contributed by atoms with E-state index >= 15 is 0 Å². The molecule has 3 rings (SSSR count). The van der Waals surface area contributed by atoms with Gasteiger partial charge < -0.3 is 10.2 Å². The lowest BCUT2D eigenvalue weighted by Gasteiger charge is -2.32. The number of aromatic nitrogens is 3. The van der Waals surface area contributed by atoms with Crippen LogP contribution in [0, 0.1) is 0 Å². The Bertz CT molecular complexity index is 733. The van der Waals surface area contributed by atoms with Crippen molar-refractivity contribution in [3.63, 3.8) is 0 Å². The molecule has 1 N–H and O–H groups in total. The Hall–Kier alpha value is -2.48. The van der Waals surface area contributed by atoms with Crippen LogP contribution in [0.4, 0.5) is 0 Å². The number of amides is 2. The highest BCUT2D eigenvalue weighted by molar-refractivity contribution is 5.94. The maximum Gasteiger partial charge on any atom is 0.252 e. The molecule has 8 nitrogen and oxygen atoms in total. The first kappa shape index (κ1) is 16.4. The molecule has 0 atom stereocenters.